The average molecular weight is 538 g/mol. The van der Waals surface area contributed by atoms with Gasteiger partial charge in [0.05, 0.1) is 5.69 Å². The predicted octanol–water partition coefficient (Wildman–Crippen LogP) is 4.99. The van der Waals surface area contributed by atoms with Gasteiger partial charge in [0.25, 0.3) is 5.91 Å². The van der Waals surface area contributed by atoms with E-state index in [1.165, 1.54) is 19.0 Å². The van der Waals surface area contributed by atoms with Gasteiger partial charge in [0.15, 0.2) is 0 Å². The summed E-state index contributed by atoms with van der Waals surface area (Å²) in [6.07, 6.45) is 3.97. The maximum Gasteiger partial charge on any atom is 0.319 e. The Kier molecular flexibility index (Phi) is 9.40. The molecule has 200 valence electrons. The van der Waals surface area contributed by atoms with E-state index in [2.05, 4.69) is 25.8 Å². The van der Waals surface area contributed by atoms with E-state index in [9.17, 15) is 9.59 Å². The molecule has 0 bridgehead atoms. The van der Waals surface area contributed by atoms with Crippen LogP contribution in [0.3, 0.4) is 0 Å². The maximum absolute atomic E-state index is 12.7. The van der Waals surface area contributed by atoms with Gasteiger partial charge in [-0.05, 0) is 68.2 Å². The second kappa shape index (κ2) is 13.1. The molecule has 2 heterocycles. The van der Waals surface area contributed by atoms with E-state index >= 15 is 0 Å². The number of hydrogen-bond donors (Lipinski definition) is 3. The molecule has 0 saturated carbocycles. The minimum atomic E-state index is -0.352. The summed E-state index contributed by atoms with van der Waals surface area (Å²) in [5, 5.41) is 8.87. The zero-order valence-electron chi connectivity index (χ0n) is 21.6. The van der Waals surface area contributed by atoms with Crippen molar-refractivity contribution in [3.63, 3.8) is 0 Å². The fourth-order valence-electron chi connectivity index (χ4n) is 4.06. The zero-order chi connectivity index (χ0) is 26.9. The fourth-order valence-corrected chi connectivity index (χ4v) is 4.21. The van der Waals surface area contributed by atoms with Crippen LogP contribution in [0.15, 0.2) is 54.7 Å². The number of benzene rings is 2. The maximum atomic E-state index is 12.7. The summed E-state index contributed by atoms with van der Waals surface area (Å²) in [4.78, 5) is 30.8. The van der Waals surface area contributed by atoms with E-state index in [4.69, 9.17) is 21.1 Å². The molecule has 0 unspecified atom stereocenters. The van der Waals surface area contributed by atoms with Crippen molar-refractivity contribution in [3.05, 3.63) is 76.6 Å². The number of pyridine rings is 1. The molecule has 9 nitrogen and oxygen atoms in total. The Morgan fingerprint density at radius 1 is 1.05 bits per heavy atom. The molecule has 4 rings (SSSR count). The highest BCUT2D eigenvalue weighted by molar-refractivity contribution is 6.31. The van der Waals surface area contributed by atoms with E-state index < -0.39 is 0 Å². The van der Waals surface area contributed by atoms with Crippen molar-refractivity contribution in [1.29, 1.82) is 0 Å². The number of carbonyl (C=O) groups is 2. The largest absolute Gasteiger partial charge is 0.490 e. The van der Waals surface area contributed by atoms with Crippen LogP contribution in [0.5, 0.6) is 17.2 Å². The number of amides is 3. The zero-order valence-corrected chi connectivity index (χ0v) is 22.3. The second-order valence-corrected chi connectivity index (χ2v) is 9.41. The normalized spacial score (nSPS) is 13.1. The van der Waals surface area contributed by atoms with Gasteiger partial charge < -0.3 is 25.4 Å². The van der Waals surface area contributed by atoms with E-state index in [0.717, 1.165) is 30.8 Å². The Labute approximate surface area is 227 Å². The summed E-state index contributed by atoms with van der Waals surface area (Å²) in [5.74, 6) is 1.36. The van der Waals surface area contributed by atoms with Crippen molar-refractivity contribution in [3.8, 4) is 17.2 Å². The van der Waals surface area contributed by atoms with Crippen molar-refractivity contribution in [2.24, 2.45) is 0 Å². The third-order valence-corrected chi connectivity index (χ3v) is 6.58. The molecule has 0 spiro atoms. The molecule has 2 aromatic carbocycles. The van der Waals surface area contributed by atoms with Gasteiger partial charge >= 0.3 is 6.03 Å². The first-order valence-electron chi connectivity index (χ1n) is 12.6. The van der Waals surface area contributed by atoms with Crippen molar-refractivity contribution in [1.82, 2.24) is 20.5 Å². The van der Waals surface area contributed by atoms with E-state index in [1.807, 2.05) is 25.1 Å². The number of rotatable bonds is 10. The van der Waals surface area contributed by atoms with Crippen LogP contribution in [0.4, 0.5) is 10.5 Å². The van der Waals surface area contributed by atoms with Crippen molar-refractivity contribution in [2.45, 2.75) is 26.3 Å². The molecule has 1 aliphatic rings. The topological polar surface area (TPSA) is 105 Å². The minimum absolute atomic E-state index is 0.271. The predicted molar refractivity (Wildman–Crippen MR) is 147 cm³/mol. The number of aromatic nitrogens is 1. The first-order chi connectivity index (χ1) is 18.4. The molecule has 10 heteroatoms. The minimum Gasteiger partial charge on any atom is -0.490 e. The van der Waals surface area contributed by atoms with E-state index in [-0.39, 0.29) is 17.6 Å². The summed E-state index contributed by atoms with van der Waals surface area (Å²) in [5.41, 5.74) is 2.58. The molecule has 0 atom stereocenters. The summed E-state index contributed by atoms with van der Waals surface area (Å²) in [6, 6.07) is 13.8. The van der Waals surface area contributed by atoms with Gasteiger partial charge in [-0.3, -0.25) is 14.7 Å². The van der Waals surface area contributed by atoms with Crippen LogP contribution in [-0.2, 0) is 6.54 Å². The molecular weight excluding hydrogens is 506 g/mol. The molecule has 3 N–H and O–H groups in total. The number of aryl methyl sites for hydroxylation is 1. The number of halogens is 1. The highest BCUT2D eigenvalue weighted by Crippen LogP contribution is 2.31. The Bertz CT molecular complexity index is 1260. The molecule has 1 fully saturated rings. The molecule has 3 amide bonds. The van der Waals surface area contributed by atoms with E-state index in [0.29, 0.717) is 41.1 Å². The Hall–Kier alpha value is -3.82. The van der Waals surface area contributed by atoms with Gasteiger partial charge in [0.1, 0.15) is 29.5 Å². The molecular formula is C28H32ClN5O4. The van der Waals surface area contributed by atoms with Crippen LogP contribution in [0, 0.1) is 6.92 Å². The summed E-state index contributed by atoms with van der Waals surface area (Å²) in [7, 11) is 1.55. The molecule has 1 aliphatic heterocycles. The first kappa shape index (κ1) is 27.2. The van der Waals surface area contributed by atoms with Crippen LogP contribution in [0.1, 0.15) is 34.5 Å². The number of carbonyl (C=O) groups excluding carboxylic acids is 2. The number of hydrogen-bond acceptors (Lipinski definition) is 6. The summed E-state index contributed by atoms with van der Waals surface area (Å²) >= 11 is 6.31. The standard InChI is InChI=1S/C28H32ClN5O4/c1-19-15-24(26(17-23(19)29)37-14-13-34-11-3-4-12-34)33-28(36)32-18-20-5-7-21(8-6-20)38-22-9-10-31-25(16-22)27(35)30-2/h5-10,15-17H,3-4,11-14,18H2,1-2H3,(H,30,35)(H2,32,33,36). The van der Waals surface area contributed by atoms with Gasteiger partial charge in [-0.2, -0.15) is 0 Å². The molecule has 1 saturated heterocycles. The molecule has 0 aliphatic carbocycles. The fraction of sp³-hybridized carbons (Fsp3) is 0.321. The molecule has 38 heavy (non-hydrogen) atoms. The lowest BCUT2D eigenvalue weighted by Gasteiger charge is -2.18. The number of anilines is 1. The number of ether oxygens (including phenoxy) is 2. The van der Waals surface area contributed by atoms with E-state index in [1.54, 1.807) is 37.4 Å². The lowest BCUT2D eigenvalue weighted by atomic mass is 10.2. The third kappa shape index (κ3) is 7.60. The van der Waals surface area contributed by atoms with Crippen LogP contribution < -0.4 is 25.4 Å². The van der Waals surface area contributed by atoms with Crippen molar-refractivity contribution >= 4 is 29.2 Å². The van der Waals surface area contributed by atoms with Gasteiger partial charge in [0, 0.05) is 43.5 Å². The highest BCUT2D eigenvalue weighted by Gasteiger charge is 2.14. The number of nitrogens with zero attached hydrogens (tertiary/aromatic N) is 2. The van der Waals surface area contributed by atoms with Gasteiger partial charge in [0.2, 0.25) is 0 Å². The number of likely N-dealkylation sites (tertiary alicyclic amines) is 1. The van der Waals surface area contributed by atoms with Gasteiger partial charge in [-0.1, -0.05) is 23.7 Å². The van der Waals surface area contributed by atoms with Crippen LogP contribution >= 0.6 is 11.6 Å². The Balaban J connectivity index is 1.30. The van der Waals surface area contributed by atoms with Crippen LogP contribution in [-0.4, -0.2) is 55.1 Å². The molecule has 0 radical (unpaired) electrons. The monoisotopic (exact) mass is 537 g/mol. The third-order valence-electron chi connectivity index (χ3n) is 6.18. The quantitative estimate of drug-likeness (QED) is 0.336. The van der Waals surface area contributed by atoms with Crippen LogP contribution in [0.25, 0.3) is 0 Å². The van der Waals surface area contributed by atoms with Crippen molar-refractivity contribution in [2.75, 3.05) is 38.6 Å². The SMILES string of the molecule is CNC(=O)c1cc(Oc2ccc(CNC(=O)Nc3cc(C)c(Cl)cc3OCCN3CCCC3)cc2)ccn1. The van der Waals surface area contributed by atoms with Crippen molar-refractivity contribution < 1.29 is 19.1 Å². The van der Waals surface area contributed by atoms with Crippen LogP contribution in [0.2, 0.25) is 5.02 Å². The summed E-state index contributed by atoms with van der Waals surface area (Å²) < 4.78 is 11.8. The lowest BCUT2D eigenvalue weighted by molar-refractivity contribution is 0.0957. The highest BCUT2D eigenvalue weighted by atomic mass is 35.5. The number of nitrogens with one attached hydrogen (secondary N) is 3. The molecule has 1 aromatic heterocycles. The Morgan fingerprint density at radius 2 is 1.82 bits per heavy atom. The van der Waals surface area contributed by atoms with Gasteiger partial charge in [-0.15, -0.1) is 0 Å². The molecule has 3 aromatic rings. The lowest BCUT2D eigenvalue weighted by Crippen LogP contribution is -2.29. The Morgan fingerprint density at radius 3 is 2.55 bits per heavy atom. The first-order valence-corrected chi connectivity index (χ1v) is 12.9. The average Bonchev–Trinajstić information content (AvgIpc) is 3.44. The van der Waals surface area contributed by atoms with Gasteiger partial charge in [-0.25, -0.2) is 4.79 Å². The second-order valence-electron chi connectivity index (χ2n) is 9.00. The smallest absolute Gasteiger partial charge is 0.319 e. The summed E-state index contributed by atoms with van der Waals surface area (Å²) in [6.45, 7) is 5.76. The number of urea groups is 1.